The number of sulfonamides is 1. The number of hydrogen-bond donors (Lipinski definition) is 1. The Hall–Kier alpha value is -2.07. The first-order chi connectivity index (χ1) is 12.1. The number of nitrogens with one attached hydrogen (secondary N) is 1. The van der Waals surface area contributed by atoms with Crippen molar-refractivity contribution in [3.63, 3.8) is 0 Å². The fourth-order valence-corrected chi connectivity index (χ4v) is 4.30. The third-order valence-corrected chi connectivity index (χ3v) is 6.07. The predicted molar refractivity (Wildman–Crippen MR) is 95.8 cm³/mol. The zero-order chi connectivity index (χ0) is 17.7. The molecule has 1 aliphatic heterocycles. The first kappa shape index (κ1) is 17.7. The maximum atomic E-state index is 12.6. The minimum Gasteiger partial charge on any atom is -0.379 e. The molecule has 1 aromatic carbocycles. The largest absolute Gasteiger partial charge is 0.379 e. The Morgan fingerprint density at radius 2 is 2.12 bits per heavy atom. The number of rotatable bonds is 5. The van der Waals surface area contributed by atoms with Crippen LogP contribution in [0.25, 0.3) is 6.08 Å². The zero-order valence-corrected chi connectivity index (χ0v) is 14.9. The van der Waals surface area contributed by atoms with Crippen LogP contribution in [0, 0.1) is 0 Å². The van der Waals surface area contributed by atoms with Gasteiger partial charge in [-0.3, -0.25) is 4.79 Å². The molecule has 1 aliphatic rings. The van der Waals surface area contributed by atoms with Gasteiger partial charge in [-0.05, 0) is 24.3 Å². The second-order valence-corrected chi connectivity index (χ2v) is 7.94. The molecule has 0 spiro atoms. The Balaban J connectivity index is 1.71. The van der Waals surface area contributed by atoms with Crippen LogP contribution in [0.1, 0.15) is 5.69 Å². The summed E-state index contributed by atoms with van der Waals surface area (Å²) in [6.45, 7) is 1.43. The lowest BCUT2D eigenvalue weighted by molar-refractivity contribution is -0.111. The SMILES string of the molecule is O=C(/C=C/c1cscn1)Nc1cccc(S(=O)(=O)N2CCOCC2)c1. The number of anilines is 1. The van der Waals surface area contributed by atoms with Crippen molar-refractivity contribution in [3.8, 4) is 0 Å². The maximum absolute atomic E-state index is 12.6. The molecular formula is C16H17N3O4S2. The Morgan fingerprint density at radius 1 is 1.32 bits per heavy atom. The van der Waals surface area contributed by atoms with E-state index in [4.69, 9.17) is 4.74 Å². The van der Waals surface area contributed by atoms with Gasteiger partial charge in [0.25, 0.3) is 0 Å². The summed E-state index contributed by atoms with van der Waals surface area (Å²) in [5.41, 5.74) is 2.79. The highest BCUT2D eigenvalue weighted by Crippen LogP contribution is 2.20. The van der Waals surface area contributed by atoms with E-state index in [1.807, 2.05) is 5.38 Å². The van der Waals surface area contributed by atoms with Crippen LogP contribution in [-0.4, -0.2) is 49.9 Å². The van der Waals surface area contributed by atoms with Crippen LogP contribution in [-0.2, 0) is 19.6 Å². The van der Waals surface area contributed by atoms with Crippen molar-refractivity contribution in [2.75, 3.05) is 31.6 Å². The van der Waals surface area contributed by atoms with E-state index in [0.717, 1.165) is 0 Å². The molecule has 3 rings (SSSR count). The van der Waals surface area contributed by atoms with Crippen molar-refractivity contribution in [2.45, 2.75) is 4.90 Å². The number of carbonyl (C=O) groups excluding carboxylic acids is 1. The van der Waals surface area contributed by atoms with Crippen molar-refractivity contribution in [2.24, 2.45) is 0 Å². The third kappa shape index (κ3) is 4.51. The van der Waals surface area contributed by atoms with Crippen LogP contribution < -0.4 is 5.32 Å². The van der Waals surface area contributed by atoms with E-state index >= 15 is 0 Å². The summed E-state index contributed by atoms with van der Waals surface area (Å²) in [5.74, 6) is -0.353. The van der Waals surface area contributed by atoms with Gasteiger partial charge >= 0.3 is 0 Å². The van der Waals surface area contributed by atoms with Gasteiger partial charge in [-0.2, -0.15) is 4.31 Å². The van der Waals surface area contributed by atoms with Crippen molar-refractivity contribution < 1.29 is 17.9 Å². The van der Waals surface area contributed by atoms with Crippen LogP contribution in [0.5, 0.6) is 0 Å². The lowest BCUT2D eigenvalue weighted by atomic mass is 10.3. The van der Waals surface area contributed by atoms with Crippen LogP contribution in [0.4, 0.5) is 5.69 Å². The van der Waals surface area contributed by atoms with Crippen molar-refractivity contribution in [3.05, 3.63) is 46.9 Å². The van der Waals surface area contributed by atoms with Gasteiger partial charge in [0.1, 0.15) is 0 Å². The maximum Gasteiger partial charge on any atom is 0.248 e. The summed E-state index contributed by atoms with van der Waals surface area (Å²) < 4.78 is 31.9. The first-order valence-corrected chi connectivity index (χ1v) is 9.99. The normalized spacial score (nSPS) is 16.2. The van der Waals surface area contributed by atoms with Gasteiger partial charge in [0.05, 0.1) is 29.3 Å². The predicted octanol–water partition coefficient (Wildman–Crippen LogP) is 1.82. The number of aromatic nitrogens is 1. The van der Waals surface area contributed by atoms with Crippen molar-refractivity contribution in [1.29, 1.82) is 0 Å². The van der Waals surface area contributed by atoms with Gasteiger partial charge in [0.2, 0.25) is 15.9 Å². The van der Waals surface area contributed by atoms with E-state index in [-0.39, 0.29) is 10.8 Å². The van der Waals surface area contributed by atoms with Gasteiger partial charge in [-0.1, -0.05) is 6.07 Å². The fraction of sp³-hybridized carbons (Fsp3) is 0.250. The molecular weight excluding hydrogens is 362 g/mol. The van der Waals surface area contributed by atoms with Crippen LogP contribution in [0.2, 0.25) is 0 Å². The molecule has 1 saturated heterocycles. The highest BCUT2D eigenvalue weighted by atomic mass is 32.2. The topological polar surface area (TPSA) is 88.6 Å². The molecule has 1 aromatic heterocycles. The molecule has 0 radical (unpaired) electrons. The molecule has 2 heterocycles. The fourth-order valence-electron chi connectivity index (χ4n) is 2.32. The smallest absolute Gasteiger partial charge is 0.248 e. The molecule has 2 aromatic rings. The van der Waals surface area contributed by atoms with Gasteiger partial charge < -0.3 is 10.1 Å². The third-order valence-electron chi connectivity index (χ3n) is 3.57. The molecule has 1 N–H and O–H groups in total. The van der Waals surface area contributed by atoms with Gasteiger partial charge in [-0.15, -0.1) is 11.3 Å². The molecule has 9 heteroatoms. The van der Waals surface area contributed by atoms with E-state index in [0.29, 0.717) is 37.7 Å². The molecule has 7 nitrogen and oxygen atoms in total. The van der Waals surface area contributed by atoms with E-state index in [1.165, 1.54) is 33.9 Å². The highest BCUT2D eigenvalue weighted by molar-refractivity contribution is 7.89. The highest BCUT2D eigenvalue weighted by Gasteiger charge is 2.26. The van der Waals surface area contributed by atoms with Crippen LogP contribution >= 0.6 is 11.3 Å². The molecule has 132 valence electrons. The van der Waals surface area contributed by atoms with Gasteiger partial charge in [0, 0.05) is 30.2 Å². The lowest BCUT2D eigenvalue weighted by Gasteiger charge is -2.26. The molecule has 1 fully saturated rings. The number of ether oxygens (including phenoxy) is 1. The summed E-state index contributed by atoms with van der Waals surface area (Å²) in [5, 5.41) is 4.48. The van der Waals surface area contributed by atoms with E-state index in [9.17, 15) is 13.2 Å². The summed E-state index contributed by atoms with van der Waals surface area (Å²) >= 11 is 1.44. The standard InChI is InChI=1S/C16H17N3O4S2/c20-16(5-4-14-11-24-12-17-14)18-13-2-1-3-15(10-13)25(21,22)19-6-8-23-9-7-19/h1-5,10-12H,6-9H2,(H,18,20)/b5-4+. The minimum absolute atomic E-state index is 0.149. The van der Waals surface area contributed by atoms with E-state index in [2.05, 4.69) is 10.3 Å². The second-order valence-electron chi connectivity index (χ2n) is 5.28. The van der Waals surface area contributed by atoms with Gasteiger partial charge in [-0.25, -0.2) is 13.4 Å². The summed E-state index contributed by atoms with van der Waals surface area (Å²) in [6, 6.07) is 6.23. The molecule has 25 heavy (non-hydrogen) atoms. The number of amides is 1. The van der Waals surface area contributed by atoms with Crippen molar-refractivity contribution in [1.82, 2.24) is 9.29 Å². The molecule has 0 saturated carbocycles. The molecule has 1 amide bonds. The molecule has 0 unspecified atom stereocenters. The van der Waals surface area contributed by atoms with E-state index in [1.54, 1.807) is 23.7 Å². The van der Waals surface area contributed by atoms with Crippen LogP contribution in [0.15, 0.2) is 46.1 Å². The Labute approximate surface area is 150 Å². The summed E-state index contributed by atoms with van der Waals surface area (Å²) in [7, 11) is -3.59. The average Bonchev–Trinajstić information content (AvgIpc) is 3.14. The number of morpholine rings is 1. The van der Waals surface area contributed by atoms with Crippen molar-refractivity contribution >= 4 is 39.0 Å². The Morgan fingerprint density at radius 3 is 2.84 bits per heavy atom. The minimum atomic E-state index is -3.59. The van der Waals surface area contributed by atoms with Crippen LogP contribution in [0.3, 0.4) is 0 Å². The summed E-state index contributed by atoms with van der Waals surface area (Å²) in [4.78, 5) is 16.2. The molecule has 0 atom stereocenters. The molecule has 0 aliphatic carbocycles. The average molecular weight is 379 g/mol. The second kappa shape index (κ2) is 7.87. The zero-order valence-electron chi connectivity index (χ0n) is 13.3. The number of nitrogens with zero attached hydrogens (tertiary/aromatic N) is 2. The monoisotopic (exact) mass is 379 g/mol. The quantitative estimate of drug-likeness (QED) is 0.801. The number of thiazole rings is 1. The Bertz CT molecular complexity index is 857. The summed E-state index contributed by atoms with van der Waals surface area (Å²) in [6.07, 6.45) is 2.96. The Kier molecular flexibility index (Phi) is 5.59. The number of hydrogen-bond acceptors (Lipinski definition) is 6. The number of benzene rings is 1. The number of carbonyl (C=O) groups is 1. The van der Waals surface area contributed by atoms with E-state index < -0.39 is 10.0 Å². The van der Waals surface area contributed by atoms with Gasteiger partial charge in [0.15, 0.2) is 0 Å². The molecule has 0 bridgehead atoms. The first-order valence-electron chi connectivity index (χ1n) is 7.61. The lowest BCUT2D eigenvalue weighted by Crippen LogP contribution is -2.40.